The van der Waals surface area contributed by atoms with Crippen molar-refractivity contribution in [3.05, 3.63) is 50.6 Å². The molecular weight excluding hydrogens is 507 g/mol. The predicted octanol–water partition coefficient (Wildman–Crippen LogP) is 6.23. The fraction of sp³-hybridized carbons (Fsp3) is 0.500. The number of amides is 1. The Morgan fingerprint density at radius 3 is 2.58 bits per heavy atom. The molecule has 3 aromatic rings. The van der Waals surface area contributed by atoms with Crippen LogP contribution in [0.15, 0.2) is 34.2 Å². The number of alkyl halides is 3. The molecule has 10 heteroatoms. The average Bonchev–Trinajstić information content (AvgIpc) is 3.21. The van der Waals surface area contributed by atoms with Crippen molar-refractivity contribution in [2.45, 2.75) is 82.2 Å². The summed E-state index contributed by atoms with van der Waals surface area (Å²) in [6.45, 7) is 4.08. The maximum Gasteiger partial charge on any atom is 0.416 e. The highest BCUT2D eigenvalue weighted by Gasteiger charge is 2.32. The Morgan fingerprint density at radius 1 is 1.14 bits per heavy atom. The van der Waals surface area contributed by atoms with Gasteiger partial charge in [-0.05, 0) is 82.6 Å². The highest BCUT2D eigenvalue weighted by molar-refractivity contribution is 7.99. The van der Waals surface area contributed by atoms with Crippen molar-refractivity contribution in [2.75, 3.05) is 5.75 Å². The summed E-state index contributed by atoms with van der Waals surface area (Å²) in [7, 11) is 0. The minimum atomic E-state index is -4.54. The second kappa shape index (κ2) is 9.85. The van der Waals surface area contributed by atoms with Crippen molar-refractivity contribution in [1.29, 1.82) is 0 Å². The zero-order valence-electron chi connectivity index (χ0n) is 20.2. The summed E-state index contributed by atoms with van der Waals surface area (Å²) in [4.78, 5) is 35.4. The number of thioether (sulfide) groups is 1. The van der Waals surface area contributed by atoms with E-state index in [0.29, 0.717) is 10.2 Å². The second-order valence-corrected chi connectivity index (χ2v) is 11.7. The van der Waals surface area contributed by atoms with Crippen LogP contribution in [-0.4, -0.2) is 38.2 Å². The van der Waals surface area contributed by atoms with Crippen molar-refractivity contribution in [2.24, 2.45) is 0 Å². The molecule has 0 radical (unpaired) electrons. The standard InChI is InChI=1S/C26H28F3N3O2S2/c1-15-7-5-8-16(2)31(15)21(33)14-35-25-30-23-22(19-11-3-4-12-20(19)36-23)24(34)32(25)18-10-6-9-17(13-18)26(27,28)29/h6,9-10,13,15-16H,3-5,7-8,11-12,14H2,1-2H3/t15-,16-/m0/s1. The van der Waals surface area contributed by atoms with Gasteiger partial charge in [0.25, 0.3) is 5.56 Å². The Hall–Kier alpha value is -2.33. The molecular formula is C26H28F3N3O2S2. The van der Waals surface area contributed by atoms with Gasteiger partial charge in [0.2, 0.25) is 5.91 Å². The quantitative estimate of drug-likeness (QED) is 0.294. The van der Waals surface area contributed by atoms with Crippen molar-refractivity contribution < 1.29 is 18.0 Å². The highest BCUT2D eigenvalue weighted by Crippen LogP contribution is 2.36. The SMILES string of the molecule is C[C@H]1CCC[C@H](C)N1C(=O)CSc1nc2sc3c(c2c(=O)n1-c1cccc(C(F)(F)F)c1)CCCC3. The summed E-state index contributed by atoms with van der Waals surface area (Å²) < 4.78 is 41.7. The lowest BCUT2D eigenvalue weighted by Gasteiger charge is -2.39. The molecule has 0 spiro atoms. The lowest BCUT2D eigenvalue weighted by atomic mass is 9.97. The minimum absolute atomic E-state index is 0.0462. The van der Waals surface area contributed by atoms with E-state index in [0.717, 1.165) is 79.3 Å². The average molecular weight is 536 g/mol. The molecule has 1 fully saturated rings. The number of rotatable bonds is 4. The number of hydrogen-bond donors (Lipinski definition) is 0. The van der Waals surface area contributed by atoms with E-state index in [1.54, 1.807) is 0 Å². The van der Waals surface area contributed by atoms with Crippen LogP contribution in [0.5, 0.6) is 0 Å². The van der Waals surface area contributed by atoms with E-state index in [4.69, 9.17) is 4.98 Å². The van der Waals surface area contributed by atoms with E-state index in [1.807, 2.05) is 18.7 Å². The molecule has 1 saturated heterocycles. The molecule has 0 saturated carbocycles. The van der Waals surface area contributed by atoms with E-state index in [1.165, 1.54) is 28.0 Å². The lowest BCUT2D eigenvalue weighted by Crippen LogP contribution is -2.48. The molecule has 2 atom stereocenters. The number of likely N-dealkylation sites (tertiary alicyclic amines) is 1. The topological polar surface area (TPSA) is 55.2 Å². The predicted molar refractivity (Wildman–Crippen MR) is 137 cm³/mol. The van der Waals surface area contributed by atoms with Crippen LogP contribution in [0.1, 0.15) is 62.0 Å². The van der Waals surface area contributed by atoms with Crippen molar-refractivity contribution in [1.82, 2.24) is 14.5 Å². The fourth-order valence-corrected chi connectivity index (χ4v) is 7.63. The minimum Gasteiger partial charge on any atom is -0.337 e. The fourth-order valence-electron chi connectivity index (χ4n) is 5.45. The maximum absolute atomic E-state index is 13.8. The van der Waals surface area contributed by atoms with Gasteiger partial charge in [0, 0.05) is 17.0 Å². The van der Waals surface area contributed by atoms with Gasteiger partial charge >= 0.3 is 6.18 Å². The molecule has 192 valence electrons. The number of nitrogens with zero attached hydrogens (tertiary/aromatic N) is 3. The Bertz CT molecular complexity index is 1350. The summed E-state index contributed by atoms with van der Waals surface area (Å²) in [6.07, 6.45) is 2.10. The van der Waals surface area contributed by atoms with Crippen LogP contribution >= 0.6 is 23.1 Å². The summed E-state index contributed by atoms with van der Waals surface area (Å²) in [5, 5.41) is 0.747. The highest BCUT2D eigenvalue weighted by atomic mass is 32.2. The second-order valence-electron chi connectivity index (χ2n) is 9.69. The normalized spacial score (nSPS) is 20.5. The molecule has 5 rings (SSSR count). The smallest absolute Gasteiger partial charge is 0.337 e. The molecule has 2 aliphatic rings. The third-order valence-electron chi connectivity index (χ3n) is 7.20. The number of halogens is 3. The third-order valence-corrected chi connectivity index (χ3v) is 9.31. The molecule has 1 aliphatic carbocycles. The number of aryl methyl sites for hydroxylation is 2. The van der Waals surface area contributed by atoms with Crippen LogP contribution in [-0.2, 0) is 23.8 Å². The Balaban J connectivity index is 1.59. The van der Waals surface area contributed by atoms with Crippen molar-refractivity contribution in [3.63, 3.8) is 0 Å². The molecule has 0 N–H and O–H groups in total. The van der Waals surface area contributed by atoms with Gasteiger partial charge in [0.05, 0.1) is 22.4 Å². The summed E-state index contributed by atoms with van der Waals surface area (Å²) in [5.74, 6) is 0.0200. The van der Waals surface area contributed by atoms with Gasteiger partial charge in [-0.3, -0.25) is 14.2 Å². The number of carbonyl (C=O) groups excluding carboxylic acids is 1. The van der Waals surface area contributed by atoms with Crippen LogP contribution in [0, 0.1) is 0 Å². The van der Waals surface area contributed by atoms with Crippen LogP contribution in [0.25, 0.3) is 15.9 Å². The van der Waals surface area contributed by atoms with E-state index >= 15 is 0 Å². The molecule has 0 unspecified atom stereocenters. The molecule has 5 nitrogen and oxygen atoms in total. The Morgan fingerprint density at radius 2 is 1.86 bits per heavy atom. The van der Waals surface area contributed by atoms with E-state index < -0.39 is 11.7 Å². The van der Waals surface area contributed by atoms with Gasteiger partial charge in [-0.15, -0.1) is 11.3 Å². The number of piperidine rings is 1. The van der Waals surface area contributed by atoms with Gasteiger partial charge in [0.15, 0.2) is 5.16 Å². The first kappa shape index (κ1) is 25.3. The van der Waals surface area contributed by atoms with E-state index in [-0.39, 0.29) is 40.1 Å². The molecule has 0 bridgehead atoms. The zero-order chi connectivity index (χ0) is 25.6. The molecule has 36 heavy (non-hydrogen) atoms. The first-order chi connectivity index (χ1) is 17.1. The molecule has 1 aliphatic heterocycles. The lowest BCUT2D eigenvalue weighted by molar-refractivity contribution is -0.137. The van der Waals surface area contributed by atoms with Gasteiger partial charge < -0.3 is 4.90 Å². The number of carbonyl (C=O) groups is 1. The number of aromatic nitrogens is 2. The van der Waals surface area contributed by atoms with Crippen LogP contribution in [0.3, 0.4) is 0 Å². The Kier molecular flexibility index (Phi) is 6.93. The van der Waals surface area contributed by atoms with Gasteiger partial charge in [-0.2, -0.15) is 13.2 Å². The largest absolute Gasteiger partial charge is 0.416 e. The van der Waals surface area contributed by atoms with Crippen LogP contribution < -0.4 is 5.56 Å². The number of thiophene rings is 1. The number of hydrogen-bond acceptors (Lipinski definition) is 5. The Labute approximate surface area is 215 Å². The van der Waals surface area contributed by atoms with Crippen molar-refractivity contribution in [3.8, 4) is 5.69 Å². The van der Waals surface area contributed by atoms with E-state index in [2.05, 4.69) is 0 Å². The van der Waals surface area contributed by atoms with Gasteiger partial charge in [-0.25, -0.2) is 4.98 Å². The number of fused-ring (bicyclic) bond motifs is 3. The van der Waals surface area contributed by atoms with Crippen molar-refractivity contribution >= 4 is 39.2 Å². The molecule has 1 aromatic carbocycles. The third kappa shape index (κ3) is 4.69. The van der Waals surface area contributed by atoms with E-state index in [9.17, 15) is 22.8 Å². The molecule has 2 aromatic heterocycles. The summed E-state index contributed by atoms with van der Waals surface area (Å²) in [6, 6.07) is 5.02. The maximum atomic E-state index is 13.8. The first-order valence-electron chi connectivity index (χ1n) is 12.3. The molecule has 3 heterocycles. The molecule has 1 amide bonds. The summed E-state index contributed by atoms with van der Waals surface area (Å²) >= 11 is 2.61. The zero-order valence-corrected chi connectivity index (χ0v) is 21.9. The number of benzene rings is 1. The van der Waals surface area contributed by atoms with Gasteiger partial charge in [-0.1, -0.05) is 17.8 Å². The van der Waals surface area contributed by atoms with Crippen LogP contribution in [0.2, 0.25) is 0 Å². The monoisotopic (exact) mass is 535 g/mol. The first-order valence-corrected chi connectivity index (χ1v) is 14.1. The van der Waals surface area contributed by atoms with Crippen LogP contribution in [0.4, 0.5) is 13.2 Å². The summed E-state index contributed by atoms with van der Waals surface area (Å²) in [5.41, 5.74) is -0.117. The van der Waals surface area contributed by atoms with Gasteiger partial charge in [0.1, 0.15) is 4.83 Å².